The van der Waals surface area contributed by atoms with E-state index in [-0.39, 0.29) is 18.7 Å². The summed E-state index contributed by atoms with van der Waals surface area (Å²) in [6.07, 6.45) is 4.47. The highest BCUT2D eigenvalue weighted by Crippen LogP contribution is 2.13. The molecule has 0 aromatic rings. The summed E-state index contributed by atoms with van der Waals surface area (Å²) in [7, 11) is 0. The van der Waals surface area contributed by atoms with Crippen LogP contribution in [0.4, 0.5) is 4.79 Å². The minimum absolute atomic E-state index is 0.0101. The highest BCUT2D eigenvalue weighted by atomic mass is 16.5. The molecular formula is C12H22N2O3. The van der Waals surface area contributed by atoms with Crippen molar-refractivity contribution in [3.8, 4) is 0 Å². The molecule has 0 saturated carbocycles. The maximum absolute atomic E-state index is 12.3. The zero-order chi connectivity index (χ0) is 12.1. The predicted octanol–water partition coefficient (Wildman–Crippen LogP) is 0.675. The van der Waals surface area contributed by atoms with Crippen molar-refractivity contribution < 1.29 is 14.6 Å². The van der Waals surface area contributed by atoms with Gasteiger partial charge in [0.1, 0.15) is 0 Å². The molecule has 1 unspecified atom stereocenters. The summed E-state index contributed by atoms with van der Waals surface area (Å²) in [5.74, 6) is 0. The fourth-order valence-corrected chi connectivity index (χ4v) is 2.47. The van der Waals surface area contributed by atoms with E-state index in [0.717, 1.165) is 25.9 Å². The number of ether oxygens (including phenoxy) is 1. The lowest BCUT2D eigenvalue weighted by Gasteiger charge is -2.35. The summed E-state index contributed by atoms with van der Waals surface area (Å²) in [6, 6.07) is 0.119. The number of aliphatic hydroxyl groups excluding tert-OH is 1. The molecule has 0 spiro atoms. The Kier molecular flexibility index (Phi) is 4.62. The van der Waals surface area contributed by atoms with E-state index in [1.165, 1.54) is 12.8 Å². The van der Waals surface area contributed by atoms with Crippen molar-refractivity contribution >= 4 is 6.03 Å². The second-order valence-corrected chi connectivity index (χ2v) is 4.81. The number of amides is 2. The summed E-state index contributed by atoms with van der Waals surface area (Å²) in [5, 5.41) is 9.07. The predicted molar refractivity (Wildman–Crippen MR) is 63.8 cm³/mol. The molecule has 5 heteroatoms. The maximum atomic E-state index is 12.3. The van der Waals surface area contributed by atoms with Crippen molar-refractivity contribution in [1.29, 1.82) is 0 Å². The van der Waals surface area contributed by atoms with Crippen molar-refractivity contribution in [1.82, 2.24) is 9.80 Å². The van der Waals surface area contributed by atoms with Crippen molar-refractivity contribution in [3.05, 3.63) is 0 Å². The zero-order valence-electron chi connectivity index (χ0n) is 10.3. The fourth-order valence-electron chi connectivity index (χ4n) is 2.47. The van der Waals surface area contributed by atoms with Crippen molar-refractivity contribution in [2.45, 2.75) is 31.8 Å². The molecule has 0 bridgehead atoms. The summed E-state index contributed by atoms with van der Waals surface area (Å²) >= 11 is 0. The van der Waals surface area contributed by atoms with Crippen molar-refractivity contribution in [2.24, 2.45) is 0 Å². The normalized spacial score (nSPS) is 26.8. The van der Waals surface area contributed by atoms with Gasteiger partial charge in [-0.15, -0.1) is 0 Å². The minimum atomic E-state index is -0.209. The summed E-state index contributed by atoms with van der Waals surface area (Å²) in [4.78, 5) is 16.0. The molecule has 98 valence electrons. The van der Waals surface area contributed by atoms with E-state index in [2.05, 4.69) is 0 Å². The quantitative estimate of drug-likeness (QED) is 0.735. The number of hydrogen-bond acceptors (Lipinski definition) is 3. The minimum Gasteiger partial charge on any atom is -0.394 e. The van der Waals surface area contributed by atoms with Gasteiger partial charge in [-0.2, -0.15) is 0 Å². The van der Waals surface area contributed by atoms with Gasteiger partial charge < -0.3 is 19.6 Å². The molecule has 17 heavy (non-hydrogen) atoms. The molecule has 2 fully saturated rings. The van der Waals surface area contributed by atoms with E-state index in [4.69, 9.17) is 9.84 Å². The van der Waals surface area contributed by atoms with Gasteiger partial charge in [0.25, 0.3) is 0 Å². The average molecular weight is 242 g/mol. The monoisotopic (exact) mass is 242 g/mol. The Morgan fingerprint density at radius 3 is 2.47 bits per heavy atom. The Bertz CT molecular complexity index is 252. The summed E-state index contributed by atoms with van der Waals surface area (Å²) < 4.78 is 5.36. The molecule has 2 aliphatic rings. The Balaban J connectivity index is 1.89. The third kappa shape index (κ3) is 3.33. The molecule has 2 rings (SSSR count). The Labute approximate surface area is 102 Å². The van der Waals surface area contributed by atoms with E-state index in [1.807, 2.05) is 9.80 Å². The van der Waals surface area contributed by atoms with Crippen LogP contribution in [0, 0.1) is 0 Å². The van der Waals surface area contributed by atoms with Crippen LogP contribution >= 0.6 is 0 Å². The van der Waals surface area contributed by atoms with E-state index >= 15 is 0 Å². The Morgan fingerprint density at radius 2 is 1.82 bits per heavy atom. The van der Waals surface area contributed by atoms with Gasteiger partial charge in [-0.05, 0) is 12.8 Å². The topological polar surface area (TPSA) is 53.0 Å². The first-order valence-electron chi connectivity index (χ1n) is 6.57. The smallest absolute Gasteiger partial charge is 0.320 e. The van der Waals surface area contributed by atoms with Crippen LogP contribution in [0.15, 0.2) is 0 Å². The first-order chi connectivity index (χ1) is 8.31. The summed E-state index contributed by atoms with van der Waals surface area (Å²) in [6.45, 7) is 3.44. The fraction of sp³-hybridized carbons (Fsp3) is 0.917. The van der Waals surface area contributed by atoms with Crippen LogP contribution in [0.5, 0.6) is 0 Å². The molecule has 2 aliphatic heterocycles. The molecule has 2 amide bonds. The van der Waals surface area contributed by atoms with E-state index in [1.54, 1.807) is 0 Å². The number of rotatable bonds is 1. The van der Waals surface area contributed by atoms with Crippen LogP contribution in [-0.4, -0.2) is 66.4 Å². The van der Waals surface area contributed by atoms with Gasteiger partial charge >= 0.3 is 6.03 Å². The molecule has 0 aliphatic carbocycles. The highest BCUT2D eigenvalue weighted by molar-refractivity contribution is 5.74. The SMILES string of the molecule is O=C(N1CCCCCC1)N1CCOC(CO)C1. The number of likely N-dealkylation sites (tertiary alicyclic amines) is 1. The van der Waals surface area contributed by atoms with Gasteiger partial charge in [-0.25, -0.2) is 4.79 Å². The molecule has 1 atom stereocenters. The van der Waals surface area contributed by atoms with Gasteiger partial charge in [-0.3, -0.25) is 0 Å². The number of carbonyl (C=O) groups is 1. The van der Waals surface area contributed by atoms with Crippen LogP contribution < -0.4 is 0 Å². The van der Waals surface area contributed by atoms with Crippen molar-refractivity contribution in [2.75, 3.05) is 39.4 Å². The molecule has 1 N–H and O–H groups in total. The average Bonchev–Trinajstić information content (AvgIpc) is 2.67. The van der Waals surface area contributed by atoms with E-state index in [9.17, 15) is 4.79 Å². The number of nitrogens with zero attached hydrogens (tertiary/aromatic N) is 2. The van der Waals surface area contributed by atoms with Crippen molar-refractivity contribution in [3.63, 3.8) is 0 Å². The third-order valence-electron chi connectivity index (χ3n) is 3.49. The first-order valence-corrected chi connectivity index (χ1v) is 6.57. The lowest BCUT2D eigenvalue weighted by molar-refractivity contribution is -0.0438. The van der Waals surface area contributed by atoms with Gasteiger partial charge in [-0.1, -0.05) is 12.8 Å². The number of aliphatic hydroxyl groups is 1. The second kappa shape index (κ2) is 6.21. The number of carbonyl (C=O) groups excluding carboxylic acids is 1. The van der Waals surface area contributed by atoms with Crippen LogP contribution in [0.25, 0.3) is 0 Å². The van der Waals surface area contributed by atoms with E-state index in [0.29, 0.717) is 19.7 Å². The lowest BCUT2D eigenvalue weighted by Crippen LogP contribution is -2.52. The van der Waals surface area contributed by atoms with Crippen LogP contribution in [0.3, 0.4) is 0 Å². The first kappa shape index (κ1) is 12.6. The highest BCUT2D eigenvalue weighted by Gasteiger charge is 2.27. The lowest BCUT2D eigenvalue weighted by atomic mass is 10.2. The maximum Gasteiger partial charge on any atom is 0.320 e. The zero-order valence-corrected chi connectivity index (χ0v) is 10.3. The summed E-state index contributed by atoms with van der Waals surface area (Å²) in [5.41, 5.74) is 0. The second-order valence-electron chi connectivity index (χ2n) is 4.81. The van der Waals surface area contributed by atoms with Gasteiger partial charge in [0.05, 0.1) is 25.9 Å². The molecule has 0 aromatic carbocycles. The van der Waals surface area contributed by atoms with E-state index < -0.39 is 0 Å². The molecule has 5 nitrogen and oxygen atoms in total. The van der Waals surface area contributed by atoms with Gasteiger partial charge in [0.2, 0.25) is 0 Å². The standard InChI is InChI=1S/C12H22N2O3/c15-10-11-9-14(7-8-17-11)12(16)13-5-3-1-2-4-6-13/h11,15H,1-10H2. The number of morpholine rings is 1. The molecule has 2 saturated heterocycles. The Morgan fingerprint density at radius 1 is 1.12 bits per heavy atom. The molecule has 0 aromatic heterocycles. The van der Waals surface area contributed by atoms with Crippen LogP contribution in [-0.2, 0) is 4.74 Å². The van der Waals surface area contributed by atoms with Gasteiger partial charge in [0.15, 0.2) is 0 Å². The van der Waals surface area contributed by atoms with Crippen LogP contribution in [0.1, 0.15) is 25.7 Å². The van der Waals surface area contributed by atoms with Crippen LogP contribution in [0.2, 0.25) is 0 Å². The largest absolute Gasteiger partial charge is 0.394 e. The van der Waals surface area contributed by atoms with Gasteiger partial charge in [0, 0.05) is 19.6 Å². The number of urea groups is 1. The molecule has 0 radical (unpaired) electrons. The molecular weight excluding hydrogens is 220 g/mol. The Hall–Kier alpha value is -0.810. The number of hydrogen-bond donors (Lipinski definition) is 1. The molecule has 2 heterocycles. The third-order valence-corrected chi connectivity index (χ3v) is 3.49.